The molecule has 0 radical (unpaired) electrons. The largest absolute Gasteiger partial charge is 0.497 e. The maximum Gasteiger partial charge on any atom is 0.357 e. The van der Waals surface area contributed by atoms with Crippen molar-refractivity contribution in [2.75, 3.05) is 20.3 Å². The lowest BCUT2D eigenvalue weighted by Crippen LogP contribution is -2.33. The van der Waals surface area contributed by atoms with E-state index in [1.54, 1.807) is 19.4 Å². The third kappa shape index (κ3) is 6.64. The van der Waals surface area contributed by atoms with Crippen LogP contribution in [0.1, 0.15) is 48.3 Å². The van der Waals surface area contributed by atoms with Crippen LogP contribution in [0.2, 0.25) is 0 Å². The number of benzene rings is 1. The summed E-state index contributed by atoms with van der Waals surface area (Å²) in [5.41, 5.74) is 1.24. The van der Waals surface area contributed by atoms with Crippen LogP contribution in [0.5, 0.6) is 5.75 Å². The maximum absolute atomic E-state index is 12.9. The number of aromatic nitrogens is 1. The molecule has 0 aliphatic rings. The lowest BCUT2D eigenvalue weighted by Gasteiger charge is -2.23. The first-order valence-corrected chi connectivity index (χ1v) is 10.3. The molecule has 0 atom stereocenters. The number of ether oxygens (including phenoxy) is 2. The van der Waals surface area contributed by atoms with E-state index >= 15 is 0 Å². The van der Waals surface area contributed by atoms with Crippen molar-refractivity contribution >= 4 is 23.2 Å². The Bertz CT molecular complexity index is 771. The number of carbonyl (C=O) groups is 2. The second-order valence-electron chi connectivity index (χ2n) is 6.87. The summed E-state index contributed by atoms with van der Waals surface area (Å²) < 4.78 is 10.1. The van der Waals surface area contributed by atoms with Crippen LogP contribution >= 0.6 is 11.3 Å². The number of hydrogen-bond donors (Lipinski definition) is 0. The van der Waals surface area contributed by atoms with Gasteiger partial charge in [0, 0.05) is 11.9 Å². The summed E-state index contributed by atoms with van der Waals surface area (Å²) in [7, 11) is 1.62. The Labute approximate surface area is 170 Å². The van der Waals surface area contributed by atoms with Crippen molar-refractivity contribution in [1.29, 1.82) is 0 Å². The zero-order valence-corrected chi connectivity index (χ0v) is 17.8. The molecule has 1 heterocycles. The molecule has 0 bridgehead atoms. The fourth-order valence-electron chi connectivity index (χ4n) is 2.58. The van der Waals surface area contributed by atoms with E-state index in [1.165, 1.54) is 11.3 Å². The number of thiazole rings is 1. The fraction of sp³-hybridized carbons (Fsp3) is 0.476. The van der Waals surface area contributed by atoms with Gasteiger partial charge in [0.1, 0.15) is 10.8 Å². The average molecular weight is 405 g/mol. The minimum atomic E-state index is -0.428. The van der Waals surface area contributed by atoms with Crippen molar-refractivity contribution in [2.45, 2.75) is 40.2 Å². The van der Waals surface area contributed by atoms with Crippen LogP contribution in [0.25, 0.3) is 0 Å². The molecule has 28 heavy (non-hydrogen) atoms. The summed E-state index contributed by atoms with van der Waals surface area (Å²) in [5.74, 6) is 0.867. The third-order valence-electron chi connectivity index (χ3n) is 4.21. The van der Waals surface area contributed by atoms with E-state index in [0.29, 0.717) is 37.7 Å². The van der Waals surface area contributed by atoms with Crippen molar-refractivity contribution in [3.8, 4) is 5.75 Å². The molecule has 2 rings (SSSR count). The Morgan fingerprint density at radius 3 is 2.54 bits per heavy atom. The standard InChI is InChI=1S/C21H28N2O4S/c1-5-27-21(25)18-14-28-19(22-18)13-23(11-10-15(2)3)20(24)12-16-6-8-17(26-4)9-7-16/h6-9,14-15H,5,10-13H2,1-4H3. The predicted octanol–water partition coefficient (Wildman–Crippen LogP) is 3.95. The molecule has 0 N–H and O–H groups in total. The topological polar surface area (TPSA) is 68.7 Å². The number of hydrogen-bond acceptors (Lipinski definition) is 6. The molecule has 0 saturated heterocycles. The van der Waals surface area contributed by atoms with Gasteiger partial charge >= 0.3 is 5.97 Å². The van der Waals surface area contributed by atoms with Crippen LogP contribution in [-0.4, -0.2) is 42.0 Å². The molecule has 152 valence electrons. The second-order valence-corrected chi connectivity index (χ2v) is 7.81. The van der Waals surface area contributed by atoms with Gasteiger partial charge in [-0.15, -0.1) is 11.3 Å². The molecule has 0 saturated carbocycles. The minimum Gasteiger partial charge on any atom is -0.497 e. The van der Waals surface area contributed by atoms with Gasteiger partial charge in [0.25, 0.3) is 0 Å². The van der Waals surface area contributed by atoms with Crippen molar-refractivity contribution < 1.29 is 19.1 Å². The van der Waals surface area contributed by atoms with Gasteiger partial charge in [-0.25, -0.2) is 9.78 Å². The van der Waals surface area contributed by atoms with Gasteiger partial charge in [-0.05, 0) is 37.0 Å². The number of amides is 1. The van der Waals surface area contributed by atoms with Crippen LogP contribution in [0.15, 0.2) is 29.6 Å². The smallest absolute Gasteiger partial charge is 0.357 e. The molecule has 1 aromatic heterocycles. The van der Waals surface area contributed by atoms with Crippen LogP contribution in [-0.2, 0) is 22.5 Å². The van der Waals surface area contributed by atoms with Gasteiger partial charge in [-0.1, -0.05) is 26.0 Å². The van der Waals surface area contributed by atoms with Crippen molar-refractivity contribution in [3.63, 3.8) is 0 Å². The van der Waals surface area contributed by atoms with Gasteiger partial charge in [0.2, 0.25) is 5.91 Å². The first-order chi connectivity index (χ1) is 13.4. The Balaban J connectivity index is 2.07. The Morgan fingerprint density at radius 2 is 1.93 bits per heavy atom. The summed E-state index contributed by atoms with van der Waals surface area (Å²) in [4.78, 5) is 30.9. The fourth-order valence-corrected chi connectivity index (χ4v) is 3.36. The Morgan fingerprint density at radius 1 is 1.21 bits per heavy atom. The van der Waals surface area contributed by atoms with E-state index in [0.717, 1.165) is 22.7 Å². The van der Waals surface area contributed by atoms with Gasteiger partial charge in [0.15, 0.2) is 5.69 Å². The Kier molecular flexibility index (Phi) is 8.44. The third-order valence-corrected chi connectivity index (χ3v) is 5.04. The number of methoxy groups -OCH3 is 1. The first-order valence-electron chi connectivity index (χ1n) is 9.45. The normalized spacial score (nSPS) is 10.8. The van der Waals surface area contributed by atoms with Crippen molar-refractivity contribution in [2.24, 2.45) is 5.92 Å². The number of esters is 1. The molecule has 6 nitrogen and oxygen atoms in total. The van der Waals surface area contributed by atoms with E-state index in [9.17, 15) is 9.59 Å². The van der Waals surface area contributed by atoms with Crippen molar-refractivity contribution in [1.82, 2.24) is 9.88 Å². The first kappa shape index (κ1) is 21.9. The summed E-state index contributed by atoms with van der Waals surface area (Å²) in [5, 5.41) is 2.41. The van der Waals surface area contributed by atoms with E-state index in [2.05, 4.69) is 18.8 Å². The van der Waals surface area contributed by atoms with Gasteiger partial charge in [-0.3, -0.25) is 4.79 Å². The number of carbonyl (C=O) groups excluding carboxylic acids is 2. The van der Waals surface area contributed by atoms with Crippen LogP contribution in [0.4, 0.5) is 0 Å². The van der Waals surface area contributed by atoms with E-state index in [4.69, 9.17) is 9.47 Å². The average Bonchev–Trinajstić information content (AvgIpc) is 3.14. The van der Waals surface area contributed by atoms with Gasteiger partial charge in [0.05, 0.1) is 26.7 Å². The molecule has 0 aliphatic heterocycles. The lowest BCUT2D eigenvalue weighted by atomic mass is 10.1. The van der Waals surface area contributed by atoms with Crippen LogP contribution in [0, 0.1) is 5.92 Å². The van der Waals surface area contributed by atoms with E-state index in [-0.39, 0.29) is 5.91 Å². The molecular weight excluding hydrogens is 376 g/mol. The molecule has 0 aliphatic carbocycles. The molecule has 1 aromatic carbocycles. The van der Waals surface area contributed by atoms with Gasteiger partial charge in [-0.2, -0.15) is 0 Å². The molecule has 7 heteroatoms. The minimum absolute atomic E-state index is 0.0405. The highest BCUT2D eigenvalue weighted by atomic mass is 32.1. The maximum atomic E-state index is 12.9. The quantitative estimate of drug-likeness (QED) is 0.561. The lowest BCUT2D eigenvalue weighted by molar-refractivity contribution is -0.131. The Hall–Kier alpha value is -2.41. The van der Waals surface area contributed by atoms with Gasteiger partial charge < -0.3 is 14.4 Å². The molecular formula is C21H28N2O4S. The van der Waals surface area contributed by atoms with Crippen LogP contribution < -0.4 is 4.74 Å². The predicted molar refractivity (Wildman–Crippen MR) is 110 cm³/mol. The summed E-state index contributed by atoms with van der Waals surface area (Å²) in [6, 6.07) is 7.51. The monoisotopic (exact) mass is 404 g/mol. The molecule has 0 spiro atoms. The zero-order chi connectivity index (χ0) is 20.5. The summed E-state index contributed by atoms with van der Waals surface area (Å²) in [6.07, 6.45) is 1.22. The highest BCUT2D eigenvalue weighted by Crippen LogP contribution is 2.17. The molecule has 2 aromatic rings. The summed E-state index contributed by atoms with van der Waals surface area (Å²) in [6.45, 7) is 7.39. The van der Waals surface area contributed by atoms with E-state index in [1.807, 2.05) is 29.2 Å². The van der Waals surface area contributed by atoms with Crippen LogP contribution in [0.3, 0.4) is 0 Å². The zero-order valence-electron chi connectivity index (χ0n) is 16.9. The molecule has 0 fully saturated rings. The highest BCUT2D eigenvalue weighted by molar-refractivity contribution is 7.09. The molecule has 1 amide bonds. The van der Waals surface area contributed by atoms with Crippen molar-refractivity contribution in [3.05, 3.63) is 45.9 Å². The van der Waals surface area contributed by atoms with E-state index < -0.39 is 5.97 Å². The number of nitrogens with zero attached hydrogens (tertiary/aromatic N) is 2. The molecule has 0 unspecified atom stereocenters. The number of rotatable bonds is 10. The summed E-state index contributed by atoms with van der Waals surface area (Å²) >= 11 is 1.37. The highest BCUT2D eigenvalue weighted by Gasteiger charge is 2.18. The SMILES string of the molecule is CCOC(=O)c1csc(CN(CCC(C)C)C(=O)Cc2ccc(OC)cc2)n1. The second kappa shape index (κ2) is 10.8.